The number of fused-ring (bicyclic) bond motifs is 1. The van der Waals surface area contributed by atoms with Crippen LogP contribution in [0.5, 0.6) is 5.75 Å². The van der Waals surface area contributed by atoms with Gasteiger partial charge in [-0.1, -0.05) is 55.0 Å². The van der Waals surface area contributed by atoms with Gasteiger partial charge in [-0.05, 0) is 78.8 Å². The second-order valence-corrected chi connectivity index (χ2v) is 13.2. The Morgan fingerprint density at radius 3 is 2.75 bits per heavy atom. The Labute approximate surface area is 261 Å². The number of allylic oxidation sites excluding steroid dienone is 1. The van der Waals surface area contributed by atoms with Crippen molar-refractivity contribution in [3.63, 3.8) is 0 Å². The van der Waals surface area contributed by atoms with Crippen LogP contribution < -0.4 is 15.8 Å². The number of hydrogen-bond donors (Lipinski definition) is 1. The Hall–Kier alpha value is -4.00. The molecule has 1 saturated carbocycles. The van der Waals surface area contributed by atoms with Crippen LogP contribution in [0.4, 0.5) is 10.2 Å². The molecule has 0 saturated heterocycles. The first kappa shape index (κ1) is 30.0. The summed E-state index contributed by atoms with van der Waals surface area (Å²) in [5.41, 5.74) is 10.5. The number of aromatic nitrogens is 4. The van der Waals surface area contributed by atoms with E-state index in [1.165, 1.54) is 6.07 Å². The van der Waals surface area contributed by atoms with Crippen LogP contribution in [0.15, 0.2) is 85.0 Å². The van der Waals surface area contributed by atoms with E-state index in [0.29, 0.717) is 29.6 Å². The first-order valence-corrected chi connectivity index (χ1v) is 16.7. The fourth-order valence-electron chi connectivity index (χ4n) is 6.24. The predicted octanol–water partition coefficient (Wildman–Crippen LogP) is 7.93. The Kier molecular flexibility index (Phi) is 9.10. The summed E-state index contributed by atoms with van der Waals surface area (Å²) < 4.78 is 36.2. The topological polar surface area (TPSA) is 95.9 Å². The maximum Gasteiger partial charge on any atom is 0.226 e. The van der Waals surface area contributed by atoms with E-state index >= 15 is 4.39 Å². The Balaban J connectivity index is 1.28. The number of nitrogen functional groups attached to an aromatic ring is 1. The third kappa shape index (κ3) is 6.42. The molecule has 0 spiro atoms. The Morgan fingerprint density at radius 1 is 1.14 bits per heavy atom. The van der Waals surface area contributed by atoms with Gasteiger partial charge in [0.05, 0.1) is 12.0 Å². The number of hydrogen-bond acceptors (Lipinski definition) is 6. The number of pyridine rings is 1. The first-order valence-electron chi connectivity index (χ1n) is 14.8. The first-order chi connectivity index (χ1) is 21.4. The van der Waals surface area contributed by atoms with E-state index in [1.54, 1.807) is 18.5 Å². The van der Waals surface area contributed by atoms with Crippen molar-refractivity contribution in [1.29, 1.82) is 0 Å². The second kappa shape index (κ2) is 13.3. The fraction of sp³-hybridized carbons (Fsp3) is 0.265. The van der Waals surface area contributed by atoms with Crippen LogP contribution in [-0.4, -0.2) is 26.1 Å². The van der Waals surface area contributed by atoms with E-state index in [-0.39, 0.29) is 28.8 Å². The van der Waals surface area contributed by atoms with Crippen molar-refractivity contribution < 1.29 is 13.7 Å². The standard InChI is InChI=1S/C34H34ClFN5O2P/c1-22-30(25-12-13-29(28(36)20-25)43-17-14-24-8-6-16-38-21-24)31-32(37)39-34(35)40-33(31)41(22)26-9-5-7-23(19-26)15-18-44(42)27-10-3-2-4-11-27/h2-4,6,8,10-13,15-16,18,20-21,23,26,44H,5,7,9,14,17,19H2,1H3,(H2,37,39,40)/b18-15+. The lowest BCUT2D eigenvalue weighted by Crippen LogP contribution is -2.19. The van der Waals surface area contributed by atoms with E-state index in [4.69, 9.17) is 22.1 Å². The van der Waals surface area contributed by atoms with Crippen molar-refractivity contribution in [3.8, 4) is 16.9 Å². The summed E-state index contributed by atoms with van der Waals surface area (Å²) in [6, 6.07) is 18.5. The van der Waals surface area contributed by atoms with Gasteiger partial charge in [-0.2, -0.15) is 4.98 Å². The second-order valence-electron chi connectivity index (χ2n) is 11.2. The molecule has 1 aliphatic carbocycles. The van der Waals surface area contributed by atoms with Crippen LogP contribution in [-0.2, 0) is 11.0 Å². The van der Waals surface area contributed by atoms with Crippen LogP contribution in [0.3, 0.4) is 0 Å². The van der Waals surface area contributed by atoms with Gasteiger partial charge >= 0.3 is 0 Å². The molecule has 6 rings (SSSR count). The van der Waals surface area contributed by atoms with Crippen molar-refractivity contribution in [2.24, 2.45) is 5.92 Å². The summed E-state index contributed by atoms with van der Waals surface area (Å²) in [6.07, 6.45) is 10.1. The number of anilines is 1. The molecule has 226 valence electrons. The molecule has 1 aliphatic rings. The normalized spacial score (nSPS) is 17.7. The maximum absolute atomic E-state index is 15.4. The molecule has 0 bridgehead atoms. The Bertz CT molecular complexity index is 1830. The zero-order valence-corrected chi connectivity index (χ0v) is 26.2. The third-order valence-corrected chi connectivity index (χ3v) is 9.88. The molecule has 0 radical (unpaired) electrons. The van der Waals surface area contributed by atoms with Gasteiger partial charge < -0.3 is 19.6 Å². The van der Waals surface area contributed by atoms with E-state index in [2.05, 4.69) is 25.6 Å². The minimum Gasteiger partial charge on any atom is -0.490 e. The van der Waals surface area contributed by atoms with Gasteiger partial charge in [0, 0.05) is 41.4 Å². The minimum absolute atomic E-state index is 0.0672. The van der Waals surface area contributed by atoms with Crippen LogP contribution in [0.1, 0.15) is 43.0 Å². The molecule has 7 nitrogen and oxygen atoms in total. The lowest BCUT2D eigenvalue weighted by atomic mass is 9.85. The summed E-state index contributed by atoms with van der Waals surface area (Å²) in [5, 5.41) is 1.58. The van der Waals surface area contributed by atoms with Gasteiger partial charge in [0.2, 0.25) is 5.28 Å². The molecule has 5 aromatic rings. The highest BCUT2D eigenvalue weighted by atomic mass is 35.5. The number of rotatable bonds is 9. The molecule has 44 heavy (non-hydrogen) atoms. The lowest BCUT2D eigenvalue weighted by molar-refractivity contribution is 0.305. The molecule has 3 aromatic heterocycles. The third-order valence-electron chi connectivity index (χ3n) is 8.31. The largest absolute Gasteiger partial charge is 0.490 e. The maximum atomic E-state index is 15.4. The highest BCUT2D eigenvalue weighted by molar-refractivity contribution is 7.56. The zero-order valence-electron chi connectivity index (χ0n) is 24.4. The number of ether oxygens (including phenoxy) is 1. The molecule has 1 fully saturated rings. The van der Waals surface area contributed by atoms with Gasteiger partial charge in [0.15, 0.2) is 11.6 Å². The minimum atomic E-state index is -2.00. The average molecular weight is 630 g/mol. The monoisotopic (exact) mass is 629 g/mol. The molecular weight excluding hydrogens is 596 g/mol. The van der Waals surface area contributed by atoms with Gasteiger partial charge in [-0.25, -0.2) is 9.37 Å². The molecule has 3 atom stereocenters. The van der Waals surface area contributed by atoms with Crippen molar-refractivity contribution in [1.82, 2.24) is 19.5 Å². The molecule has 10 heteroatoms. The quantitative estimate of drug-likeness (QED) is 0.131. The molecule has 0 amide bonds. The van der Waals surface area contributed by atoms with Crippen LogP contribution in [0.25, 0.3) is 22.2 Å². The molecule has 2 aromatic carbocycles. The van der Waals surface area contributed by atoms with Crippen molar-refractivity contribution in [3.05, 3.63) is 107 Å². The van der Waals surface area contributed by atoms with Crippen molar-refractivity contribution in [2.45, 2.75) is 45.1 Å². The molecule has 2 N–H and O–H groups in total. The van der Waals surface area contributed by atoms with Crippen LogP contribution >= 0.6 is 19.4 Å². The summed E-state index contributed by atoms with van der Waals surface area (Å²) in [6.45, 7) is 2.34. The van der Waals surface area contributed by atoms with Gasteiger partial charge in [-0.3, -0.25) is 4.98 Å². The zero-order chi connectivity index (χ0) is 30.6. The van der Waals surface area contributed by atoms with Gasteiger partial charge in [0.25, 0.3) is 0 Å². The van der Waals surface area contributed by atoms with E-state index < -0.39 is 13.6 Å². The number of nitrogens with zero attached hydrogens (tertiary/aromatic N) is 4. The number of halogens is 2. The van der Waals surface area contributed by atoms with Crippen LogP contribution in [0, 0.1) is 18.7 Å². The molecular formula is C34H34ClFN5O2P. The Morgan fingerprint density at radius 2 is 1.98 bits per heavy atom. The summed E-state index contributed by atoms with van der Waals surface area (Å²) in [4.78, 5) is 13.0. The van der Waals surface area contributed by atoms with Gasteiger partial charge in [-0.15, -0.1) is 0 Å². The van der Waals surface area contributed by atoms with E-state index in [9.17, 15) is 4.57 Å². The highest BCUT2D eigenvalue weighted by Crippen LogP contribution is 2.44. The van der Waals surface area contributed by atoms with E-state index in [0.717, 1.165) is 47.8 Å². The highest BCUT2D eigenvalue weighted by Gasteiger charge is 2.29. The molecule has 3 heterocycles. The van der Waals surface area contributed by atoms with E-state index in [1.807, 2.05) is 61.3 Å². The lowest BCUT2D eigenvalue weighted by Gasteiger charge is -2.30. The van der Waals surface area contributed by atoms with Crippen molar-refractivity contribution in [2.75, 3.05) is 12.3 Å². The average Bonchev–Trinajstić information content (AvgIpc) is 3.33. The number of nitrogens with two attached hydrogens (primary N) is 1. The molecule has 3 unspecified atom stereocenters. The van der Waals surface area contributed by atoms with Crippen LogP contribution in [0.2, 0.25) is 5.28 Å². The SMILES string of the molecule is Cc1c(-c2ccc(OCCc3cccnc3)c(F)c2)c2c(N)nc(Cl)nc2n1C1CCCC(/C=C/[PH](=O)c2ccccc2)C1. The van der Waals surface area contributed by atoms with Gasteiger partial charge in [0.1, 0.15) is 19.3 Å². The fourth-order valence-corrected chi connectivity index (χ4v) is 7.57. The number of benzene rings is 2. The predicted molar refractivity (Wildman–Crippen MR) is 176 cm³/mol. The molecule has 0 aliphatic heterocycles. The van der Waals surface area contributed by atoms with Crippen molar-refractivity contribution >= 4 is 41.6 Å². The summed E-state index contributed by atoms with van der Waals surface area (Å²) in [7, 11) is -2.00. The summed E-state index contributed by atoms with van der Waals surface area (Å²) in [5.74, 6) is 2.12. The summed E-state index contributed by atoms with van der Waals surface area (Å²) >= 11 is 6.31. The smallest absolute Gasteiger partial charge is 0.226 e.